The summed E-state index contributed by atoms with van der Waals surface area (Å²) in [7, 11) is -7.45. The lowest BCUT2D eigenvalue weighted by Gasteiger charge is -2.28. The minimum absolute atomic E-state index is 0.0100. The second kappa shape index (κ2) is 6.42. The van der Waals surface area contributed by atoms with E-state index in [1.807, 2.05) is 0 Å². The van der Waals surface area contributed by atoms with Crippen LogP contribution >= 0.6 is 11.6 Å². The average molecular weight is 369 g/mol. The second-order valence-electron chi connectivity index (χ2n) is 5.07. The second-order valence-corrected chi connectivity index (χ2v) is 9.55. The highest BCUT2D eigenvalue weighted by Gasteiger charge is 2.44. The molecule has 0 unspecified atom stereocenters. The quantitative estimate of drug-likeness (QED) is 0.719. The van der Waals surface area contributed by atoms with E-state index >= 15 is 0 Å². The molecular weight excluding hydrogens is 352 g/mol. The number of rotatable bonds is 5. The standard InChI is InChI=1S/C12H17ClN2O5S2/c13-9-1-3-10(4-2-9)22(19,20)15(6-5-14)11-7-21(17,18)8-12(11)16/h1-4,11-12,16H,5-8,14H2/t11-,12-/m1/s1. The fraction of sp³-hybridized carbons (Fsp3) is 0.500. The van der Waals surface area contributed by atoms with Gasteiger partial charge in [-0.3, -0.25) is 0 Å². The van der Waals surface area contributed by atoms with Crippen LogP contribution in [0.5, 0.6) is 0 Å². The van der Waals surface area contributed by atoms with Crippen molar-refractivity contribution in [2.24, 2.45) is 5.73 Å². The van der Waals surface area contributed by atoms with Gasteiger partial charge in [0.05, 0.1) is 28.5 Å². The minimum Gasteiger partial charge on any atom is -0.390 e. The molecule has 1 fully saturated rings. The molecule has 1 aliphatic heterocycles. The van der Waals surface area contributed by atoms with Gasteiger partial charge in [-0.15, -0.1) is 0 Å². The molecule has 1 aromatic carbocycles. The Morgan fingerprint density at radius 2 is 1.86 bits per heavy atom. The van der Waals surface area contributed by atoms with Crippen LogP contribution in [0, 0.1) is 0 Å². The molecule has 10 heteroatoms. The van der Waals surface area contributed by atoms with Gasteiger partial charge in [0.2, 0.25) is 10.0 Å². The highest BCUT2D eigenvalue weighted by Crippen LogP contribution is 2.25. The first kappa shape index (κ1) is 17.6. The molecule has 0 aliphatic carbocycles. The van der Waals surface area contributed by atoms with Crippen molar-refractivity contribution in [3.05, 3.63) is 29.3 Å². The molecule has 0 saturated carbocycles. The van der Waals surface area contributed by atoms with Crippen molar-refractivity contribution in [1.29, 1.82) is 0 Å². The molecule has 22 heavy (non-hydrogen) atoms. The summed E-state index contributed by atoms with van der Waals surface area (Å²) in [6.45, 7) is -0.0711. The normalized spacial score (nSPS) is 24.7. The monoisotopic (exact) mass is 368 g/mol. The van der Waals surface area contributed by atoms with Crippen LogP contribution in [0.25, 0.3) is 0 Å². The van der Waals surface area contributed by atoms with Crippen LogP contribution in [0.15, 0.2) is 29.2 Å². The lowest BCUT2D eigenvalue weighted by atomic mass is 10.2. The summed E-state index contributed by atoms with van der Waals surface area (Å²) in [5.74, 6) is -0.865. The molecule has 0 amide bonds. The zero-order valence-corrected chi connectivity index (χ0v) is 14.0. The summed E-state index contributed by atoms with van der Waals surface area (Å²) >= 11 is 5.74. The van der Waals surface area contributed by atoms with Gasteiger partial charge in [0, 0.05) is 18.1 Å². The number of sulfonamides is 1. The summed E-state index contributed by atoms with van der Waals surface area (Å²) in [6.07, 6.45) is -1.27. The molecule has 2 rings (SSSR count). The van der Waals surface area contributed by atoms with Crippen molar-refractivity contribution in [2.75, 3.05) is 24.6 Å². The van der Waals surface area contributed by atoms with E-state index in [1.165, 1.54) is 24.3 Å². The molecule has 0 spiro atoms. The van der Waals surface area contributed by atoms with E-state index in [2.05, 4.69) is 0 Å². The topological polar surface area (TPSA) is 118 Å². The Hall–Kier alpha value is -0.710. The highest BCUT2D eigenvalue weighted by molar-refractivity contribution is 7.92. The van der Waals surface area contributed by atoms with Crippen LogP contribution in [0.4, 0.5) is 0 Å². The van der Waals surface area contributed by atoms with Gasteiger partial charge < -0.3 is 10.8 Å². The van der Waals surface area contributed by atoms with Crippen LogP contribution in [0.3, 0.4) is 0 Å². The molecular formula is C12H17ClN2O5S2. The molecule has 0 aromatic heterocycles. The Bertz CT molecular complexity index is 733. The first-order chi connectivity index (χ1) is 10.2. The molecule has 0 bridgehead atoms. The van der Waals surface area contributed by atoms with Crippen molar-refractivity contribution in [3.8, 4) is 0 Å². The van der Waals surface area contributed by atoms with E-state index in [0.717, 1.165) is 4.31 Å². The Labute approximate surface area is 134 Å². The number of hydrogen-bond acceptors (Lipinski definition) is 6. The summed E-state index contributed by atoms with van der Waals surface area (Å²) < 4.78 is 49.6. The van der Waals surface area contributed by atoms with Crippen LogP contribution in [0.1, 0.15) is 0 Å². The van der Waals surface area contributed by atoms with Crippen molar-refractivity contribution in [1.82, 2.24) is 4.31 Å². The van der Waals surface area contributed by atoms with E-state index in [4.69, 9.17) is 17.3 Å². The maximum atomic E-state index is 12.7. The van der Waals surface area contributed by atoms with Crippen LogP contribution in [-0.2, 0) is 19.9 Å². The van der Waals surface area contributed by atoms with E-state index in [-0.39, 0.29) is 18.0 Å². The van der Waals surface area contributed by atoms with Crippen LogP contribution in [0.2, 0.25) is 5.02 Å². The minimum atomic E-state index is -3.98. The molecule has 1 aromatic rings. The fourth-order valence-electron chi connectivity index (χ4n) is 2.42. The number of hydrogen-bond donors (Lipinski definition) is 2. The van der Waals surface area contributed by atoms with Gasteiger partial charge in [-0.2, -0.15) is 4.31 Å². The molecule has 1 saturated heterocycles. The van der Waals surface area contributed by atoms with Crippen LogP contribution < -0.4 is 5.73 Å². The van der Waals surface area contributed by atoms with Gasteiger partial charge in [-0.1, -0.05) is 11.6 Å². The van der Waals surface area contributed by atoms with Gasteiger partial charge in [-0.05, 0) is 24.3 Å². The van der Waals surface area contributed by atoms with Crippen molar-refractivity contribution < 1.29 is 21.9 Å². The number of aliphatic hydroxyl groups excluding tert-OH is 1. The zero-order valence-electron chi connectivity index (χ0n) is 11.6. The number of sulfone groups is 1. The summed E-state index contributed by atoms with van der Waals surface area (Å²) in [5, 5.41) is 10.3. The lowest BCUT2D eigenvalue weighted by Crippen LogP contribution is -2.48. The third kappa shape index (κ3) is 3.61. The van der Waals surface area contributed by atoms with Gasteiger partial charge in [0.1, 0.15) is 0 Å². The van der Waals surface area contributed by atoms with Crippen molar-refractivity contribution in [2.45, 2.75) is 17.0 Å². The van der Waals surface area contributed by atoms with E-state index < -0.39 is 43.5 Å². The maximum absolute atomic E-state index is 12.7. The number of nitrogens with zero attached hydrogens (tertiary/aromatic N) is 1. The summed E-state index contributed by atoms with van der Waals surface area (Å²) in [5.41, 5.74) is 5.45. The Balaban J connectivity index is 2.41. The molecule has 2 atom stereocenters. The maximum Gasteiger partial charge on any atom is 0.243 e. The molecule has 124 valence electrons. The Kier molecular flexibility index (Phi) is 5.15. The predicted molar refractivity (Wildman–Crippen MR) is 82.8 cm³/mol. The number of nitrogens with two attached hydrogens (primary N) is 1. The average Bonchev–Trinajstić information content (AvgIpc) is 2.69. The fourth-order valence-corrected chi connectivity index (χ4v) is 6.11. The van der Waals surface area contributed by atoms with E-state index in [1.54, 1.807) is 0 Å². The number of halogens is 1. The van der Waals surface area contributed by atoms with Crippen LogP contribution in [-0.4, -0.2) is 63.0 Å². The molecule has 1 aliphatic rings. The lowest BCUT2D eigenvalue weighted by molar-refractivity contribution is 0.129. The Morgan fingerprint density at radius 1 is 1.27 bits per heavy atom. The zero-order chi connectivity index (χ0) is 16.5. The smallest absolute Gasteiger partial charge is 0.243 e. The number of aliphatic hydroxyl groups is 1. The largest absolute Gasteiger partial charge is 0.390 e. The molecule has 0 radical (unpaired) electrons. The first-order valence-electron chi connectivity index (χ1n) is 6.53. The first-order valence-corrected chi connectivity index (χ1v) is 10.2. The summed E-state index contributed by atoms with van der Waals surface area (Å²) in [6, 6.07) is 4.48. The van der Waals surface area contributed by atoms with Crippen molar-refractivity contribution in [3.63, 3.8) is 0 Å². The molecule has 7 nitrogen and oxygen atoms in total. The van der Waals surface area contributed by atoms with Gasteiger partial charge >= 0.3 is 0 Å². The SMILES string of the molecule is NCCN([C@@H]1CS(=O)(=O)C[C@H]1O)S(=O)(=O)c1ccc(Cl)cc1. The third-order valence-corrected chi connectivity index (χ3v) is 7.32. The van der Waals surface area contributed by atoms with E-state index in [9.17, 15) is 21.9 Å². The summed E-state index contributed by atoms with van der Waals surface area (Å²) in [4.78, 5) is -0.0261. The van der Waals surface area contributed by atoms with Gasteiger partial charge in [-0.25, -0.2) is 16.8 Å². The Morgan fingerprint density at radius 3 is 2.32 bits per heavy atom. The van der Waals surface area contributed by atoms with Gasteiger partial charge in [0.25, 0.3) is 0 Å². The van der Waals surface area contributed by atoms with Gasteiger partial charge in [0.15, 0.2) is 9.84 Å². The number of benzene rings is 1. The van der Waals surface area contributed by atoms with E-state index in [0.29, 0.717) is 5.02 Å². The molecule has 3 N–H and O–H groups in total. The van der Waals surface area contributed by atoms with Crippen molar-refractivity contribution >= 4 is 31.5 Å². The highest BCUT2D eigenvalue weighted by atomic mass is 35.5. The third-order valence-electron chi connectivity index (χ3n) is 3.43. The molecule has 1 heterocycles. The predicted octanol–water partition coefficient (Wildman–Crippen LogP) is -0.553.